The monoisotopic (exact) mass is 453 g/mol. The molecule has 3 N–H and O–H groups in total. The molecule has 1 fully saturated rings. The van der Waals surface area contributed by atoms with Gasteiger partial charge in [-0.25, -0.2) is 9.18 Å². The molecule has 3 aromatic rings. The van der Waals surface area contributed by atoms with Crippen molar-refractivity contribution in [1.29, 1.82) is 0 Å². The van der Waals surface area contributed by atoms with E-state index >= 15 is 0 Å². The van der Waals surface area contributed by atoms with Gasteiger partial charge in [0.1, 0.15) is 11.6 Å². The highest BCUT2D eigenvalue weighted by molar-refractivity contribution is 5.90. The summed E-state index contributed by atoms with van der Waals surface area (Å²) in [5.41, 5.74) is 3.55. The van der Waals surface area contributed by atoms with E-state index in [1.807, 2.05) is 24.4 Å². The van der Waals surface area contributed by atoms with Crippen molar-refractivity contribution in [3.05, 3.63) is 54.0 Å². The standard InChI is InChI=1S/C25H32FN5O2/c1-17(2)30-10-12-31(13-11-30)23-15-20(5-7-24(23)33-3)29-25(32)27-9-8-18-16-28-22-6-4-19(26)14-21(18)22/h4-7,14-17,28H,8-13H2,1-3H3,(H2,27,29,32). The number of fused-ring (bicyclic) bond motifs is 1. The summed E-state index contributed by atoms with van der Waals surface area (Å²) in [6, 6.07) is 10.6. The van der Waals surface area contributed by atoms with Crippen molar-refractivity contribution < 1.29 is 13.9 Å². The third-order valence-electron chi connectivity index (χ3n) is 6.23. The number of aromatic amines is 1. The zero-order valence-corrected chi connectivity index (χ0v) is 19.5. The predicted octanol–water partition coefficient (Wildman–Crippen LogP) is 4.21. The Morgan fingerprint density at radius 2 is 1.94 bits per heavy atom. The number of benzene rings is 2. The van der Waals surface area contributed by atoms with Crippen LogP contribution in [0.5, 0.6) is 5.75 Å². The first-order valence-corrected chi connectivity index (χ1v) is 11.4. The molecule has 8 heteroatoms. The van der Waals surface area contributed by atoms with Crippen molar-refractivity contribution in [2.24, 2.45) is 0 Å². The van der Waals surface area contributed by atoms with Crippen LogP contribution in [0.1, 0.15) is 19.4 Å². The number of amides is 2. The summed E-state index contributed by atoms with van der Waals surface area (Å²) >= 11 is 0. The first-order valence-electron chi connectivity index (χ1n) is 11.4. The van der Waals surface area contributed by atoms with Crippen LogP contribution in [0.3, 0.4) is 0 Å². The molecule has 33 heavy (non-hydrogen) atoms. The first kappa shape index (κ1) is 22.9. The number of carbonyl (C=O) groups excluding carboxylic acids is 1. The Balaban J connectivity index is 1.35. The Bertz CT molecular complexity index is 1110. The number of aromatic nitrogens is 1. The molecule has 0 saturated carbocycles. The van der Waals surface area contributed by atoms with E-state index in [-0.39, 0.29) is 11.8 Å². The van der Waals surface area contributed by atoms with Gasteiger partial charge in [0.25, 0.3) is 0 Å². The number of nitrogens with one attached hydrogen (secondary N) is 3. The Morgan fingerprint density at radius 3 is 2.67 bits per heavy atom. The van der Waals surface area contributed by atoms with Gasteiger partial charge in [-0.2, -0.15) is 0 Å². The molecule has 176 valence electrons. The summed E-state index contributed by atoms with van der Waals surface area (Å²) in [5, 5.41) is 6.64. The number of rotatable bonds is 7. The molecule has 1 saturated heterocycles. The summed E-state index contributed by atoms with van der Waals surface area (Å²) in [4.78, 5) is 20.4. The number of piperazine rings is 1. The van der Waals surface area contributed by atoms with E-state index in [0.29, 0.717) is 24.7 Å². The second kappa shape index (κ2) is 10.1. The van der Waals surface area contributed by atoms with Gasteiger partial charge in [0.2, 0.25) is 0 Å². The van der Waals surface area contributed by atoms with Crippen molar-refractivity contribution >= 4 is 28.3 Å². The average Bonchev–Trinajstić information content (AvgIpc) is 3.21. The lowest BCUT2D eigenvalue weighted by atomic mass is 10.1. The Labute approximate surface area is 193 Å². The number of hydrogen-bond donors (Lipinski definition) is 3. The zero-order chi connectivity index (χ0) is 23.4. The molecular weight excluding hydrogens is 421 g/mol. The normalized spacial score (nSPS) is 14.6. The molecule has 0 aliphatic carbocycles. The van der Waals surface area contributed by atoms with Crippen molar-refractivity contribution in [1.82, 2.24) is 15.2 Å². The van der Waals surface area contributed by atoms with E-state index in [1.54, 1.807) is 13.2 Å². The van der Waals surface area contributed by atoms with Gasteiger partial charge in [-0.15, -0.1) is 0 Å². The minimum atomic E-state index is -0.276. The van der Waals surface area contributed by atoms with Gasteiger partial charge in [-0.3, -0.25) is 4.90 Å². The molecule has 1 aliphatic heterocycles. The summed E-state index contributed by atoms with van der Waals surface area (Å²) in [7, 11) is 1.67. The molecule has 0 atom stereocenters. The lowest BCUT2D eigenvalue weighted by Crippen LogP contribution is -2.49. The van der Waals surface area contributed by atoms with Crippen molar-refractivity contribution in [2.75, 3.05) is 50.1 Å². The maximum atomic E-state index is 13.6. The zero-order valence-electron chi connectivity index (χ0n) is 19.5. The van der Waals surface area contributed by atoms with Crippen LogP contribution in [0, 0.1) is 5.82 Å². The highest BCUT2D eigenvalue weighted by Crippen LogP contribution is 2.32. The van der Waals surface area contributed by atoms with Gasteiger partial charge < -0.3 is 25.3 Å². The molecule has 2 heterocycles. The quantitative estimate of drug-likeness (QED) is 0.501. The Hall–Kier alpha value is -3.26. The number of halogens is 1. The van der Waals surface area contributed by atoms with Crippen LogP contribution >= 0.6 is 0 Å². The summed E-state index contributed by atoms with van der Waals surface area (Å²) in [6.45, 7) is 8.69. The fourth-order valence-corrected chi connectivity index (χ4v) is 4.34. The van der Waals surface area contributed by atoms with Gasteiger partial charge in [-0.1, -0.05) is 0 Å². The maximum Gasteiger partial charge on any atom is 0.319 e. The van der Waals surface area contributed by atoms with E-state index in [4.69, 9.17) is 4.74 Å². The molecule has 0 unspecified atom stereocenters. The third kappa shape index (κ3) is 5.39. The van der Waals surface area contributed by atoms with Gasteiger partial charge in [0.15, 0.2) is 0 Å². The third-order valence-corrected chi connectivity index (χ3v) is 6.23. The van der Waals surface area contributed by atoms with E-state index < -0.39 is 0 Å². The SMILES string of the molecule is COc1ccc(NC(=O)NCCc2c[nH]c3ccc(F)cc23)cc1N1CCN(C(C)C)CC1. The summed E-state index contributed by atoms with van der Waals surface area (Å²) in [6.07, 6.45) is 2.46. The number of ether oxygens (including phenoxy) is 1. The van der Waals surface area contributed by atoms with Crippen LogP contribution in [0.25, 0.3) is 10.9 Å². The van der Waals surface area contributed by atoms with Gasteiger partial charge in [0, 0.05) is 61.6 Å². The first-order chi connectivity index (χ1) is 15.9. The largest absolute Gasteiger partial charge is 0.495 e. The second-order valence-corrected chi connectivity index (χ2v) is 8.64. The molecular formula is C25H32FN5O2. The van der Waals surface area contributed by atoms with E-state index in [2.05, 4.69) is 39.3 Å². The minimum Gasteiger partial charge on any atom is -0.495 e. The molecule has 2 amide bonds. The Kier molecular flexibility index (Phi) is 7.03. The topological polar surface area (TPSA) is 72.6 Å². The van der Waals surface area contributed by atoms with Crippen LogP contribution < -0.4 is 20.3 Å². The smallest absolute Gasteiger partial charge is 0.319 e. The van der Waals surface area contributed by atoms with Crippen LogP contribution in [0.2, 0.25) is 0 Å². The lowest BCUT2D eigenvalue weighted by Gasteiger charge is -2.38. The van der Waals surface area contributed by atoms with Crippen molar-refractivity contribution in [3.63, 3.8) is 0 Å². The average molecular weight is 454 g/mol. The molecule has 0 radical (unpaired) electrons. The van der Waals surface area contributed by atoms with E-state index in [1.165, 1.54) is 12.1 Å². The highest BCUT2D eigenvalue weighted by atomic mass is 19.1. The summed E-state index contributed by atoms with van der Waals surface area (Å²) < 4.78 is 19.1. The number of carbonyl (C=O) groups is 1. The second-order valence-electron chi connectivity index (χ2n) is 8.64. The maximum absolute atomic E-state index is 13.6. The Morgan fingerprint density at radius 1 is 1.15 bits per heavy atom. The van der Waals surface area contributed by atoms with Gasteiger partial charge in [-0.05, 0) is 62.2 Å². The number of urea groups is 1. The highest BCUT2D eigenvalue weighted by Gasteiger charge is 2.21. The van der Waals surface area contributed by atoms with Crippen molar-refractivity contribution in [2.45, 2.75) is 26.3 Å². The predicted molar refractivity (Wildman–Crippen MR) is 131 cm³/mol. The number of H-pyrrole nitrogens is 1. The number of anilines is 2. The number of nitrogens with zero attached hydrogens (tertiary/aromatic N) is 2. The van der Waals surface area contributed by atoms with Crippen LogP contribution in [-0.2, 0) is 6.42 Å². The van der Waals surface area contributed by atoms with E-state index in [0.717, 1.165) is 54.1 Å². The van der Waals surface area contributed by atoms with Crippen LogP contribution in [0.4, 0.5) is 20.6 Å². The van der Waals surface area contributed by atoms with Gasteiger partial charge in [0.05, 0.1) is 12.8 Å². The molecule has 1 aliphatic rings. The molecule has 0 bridgehead atoms. The van der Waals surface area contributed by atoms with Crippen LogP contribution in [0.15, 0.2) is 42.6 Å². The van der Waals surface area contributed by atoms with Crippen LogP contribution in [-0.4, -0.2) is 61.8 Å². The molecule has 2 aromatic carbocycles. The molecule has 1 aromatic heterocycles. The van der Waals surface area contributed by atoms with Crippen molar-refractivity contribution in [3.8, 4) is 5.75 Å². The lowest BCUT2D eigenvalue weighted by molar-refractivity contribution is 0.209. The molecule has 7 nitrogen and oxygen atoms in total. The fraction of sp³-hybridized carbons (Fsp3) is 0.400. The number of hydrogen-bond acceptors (Lipinski definition) is 4. The van der Waals surface area contributed by atoms with E-state index in [9.17, 15) is 9.18 Å². The fourth-order valence-electron chi connectivity index (χ4n) is 4.34. The molecule has 4 rings (SSSR count). The van der Waals surface area contributed by atoms with Gasteiger partial charge >= 0.3 is 6.03 Å². The number of methoxy groups -OCH3 is 1. The molecule has 0 spiro atoms. The summed E-state index contributed by atoms with van der Waals surface area (Å²) in [5.74, 6) is 0.528. The minimum absolute atomic E-state index is 0.269.